The van der Waals surface area contributed by atoms with Gasteiger partial charge in [-0.3, -0.25) is 0 Å². The largest absolute Gasteiger partial charge is 0.472 e. The minimum Gasteiger partial charge on any atom is -0.472 e. The first-order chi connectivity index (χ1) is 7.66. The summed E-state index contributed by atoms with van der Waals surface area (Å²) in [5.74, 6) is -0.278. The van der Waals surface area contributed by atoms with Gasteiger partial charge in [0, 0.05) is 6.04 Å². The van der Waals surface area contributed by atoms with E-state index in [9.17, 15) is 4.39 Å². The Balaban J connectivity index is 2.14. The number of benzene rings is 1. The molecule has 0 radical (unpaired) electrons. The Morgan fingerprint density at radius 1 is 1.38 bits per heavy atom. The van der Waals surface area contributed by atoms with Crippen LogP contribution in [0.4, 0.5) is 4.39 Å². The van der Waals surface area contributed by atoms with E-state index in [4.69, 9.17) is 10.2 Å². The number of furan rings is 1. The molecule has 0 amide bonds. The number of hydrogen-bond acceptors (Lipinski definition) is 2. The van der Waals surface area contributed by atoms with Gasteiger partial charge in [-0.15, -0.1) is 0 Å². The van der Waals surface area contributed by atoms with E-state index in [1.807, 2.05) is 6.07 Å². The zero-order valence-electron chi connectivity index (χ0n) is 8.49. The van der Waals surface area contributed by atoms with Gasteiger partial charge >= 0.3 is 0 Å². The van der Waals surface area contributed by atoms with Crippen LogP contribution in [0.15, 0.2) is 45.7 Å². The molecule has 1 aromatic heterocycles. The highest BCUT2D eigenvalue weighted by atomic mass is 79.9. The Hall–Kier alpha value is -1.13. The van der Waals surface area contributed by atoms with Gasteiger partial charge in [0.15, 0.2) is 0 Å². The molecule has 0 saturated heterocycles. The van der Waals surface area contributed by atoms with Crippen molar-refractivity contribution in [1.82, 2.24) is 0 Å². The Morgan fingerprint density at radius 2 is 2.19 bits per heavy atom. The van der Waals surface area contributed by atoms with Gasteiger partial charge in [-0.25, -0.2) is 4.39 Å². The van der Waals surface area contributed by atoms with Gasteiger partial charge in [0.2, 0.25) is 0 Å². The minimum atomic E-state index is -0.278. The van der Waals surface area contributed by atoms with Gasteiger partial charge in [-0.05, 0) is 51.7 Å². The maximum Gasteiger partial charge on any atom is 0.137 e. The quantitative estimate of drug-likeness (QED) is 0.938. The molecule has 2 aromatic rings. The minimum absolute atomic E-state index is 0.158. The van der Waals surface area contributed by atoms with Crippen LogP contribution in [-0.2, 0) is 6.42 Å². The highest BCUT2D eigenvalue weighted by Gasteiger charge is 2.09. The molecule has 1 atom stereocenters. The number of hydrogen-bond donors (Lipinski definition) is 1. The van der Waals surface area contributed by atoms with Crippen molar-refractivity contribution in [2.45, 2.75) is 12.5 Å². The zero-order chi connectivity index (χ0) is 11.5. The van der Waals surface area contributed by atoms with Crippen LogP contribution in [0.5, 0.6) is 0 Å². The lowest BCUT2D eigenvalue weighted by Gasteiger charge is -2.11. The molecule has 1 heterocycles. The molecule has 16 heavy (non-hydrogen) atoms. The zero-order valence-corrected chi connectivity index (χ0v) is 10.1. The fourth-order valence-electron chi connectivity index (χ4n) is 1.52. The van der Waals surface area contributed by atoms with E-state index in [1.165, 1.54) is 6.07 Å². The van der Waals surface area contributed by atoms with Crippen molar-refractivity contribution in [2.24, 2.45) is 5.73 Å². The molecule has 0 aliphatic carbocycles. The van der Waals surface area contributed by atoms with E-state index in [1.54, 1.807) is 24.7 Å². The summed E-state index contributed by atoms with van der Waals surface area (Å²) in [4.78, 5) is 0. The molecule has 1 aromatic carbocycles. The van der Waals surface area contributed by atoms with Gasteiger partial charge in [0.1, 0.15) is 5.82 Å². The molecule has 0 saturated carbocycles. The molecule has 0 spiro atoms. The Bertz CT molecular complexity index is 470. The first-order valence-corrected chi connectivity index (χ1v) is 5.67. The van der Waals surface area contributed by atoms with Crippen LogP contribution in [0, 0.1) is 5.82 Å². The number of halogens is 2. The topological polar surface area (TPSA) is 39.2 Å². The van der Waals surface area contributed by atoms with Gasteiger partial charge in [0.05, 0.1) is 17.0 Å². The Kier molecular flexibility index (Phi) is 3.41. The van der Waals surface area contributed by atoms with Crippen LogP contribution in [0.2, 0.25) is 0 Å². The van der Waals surface area contributed by atoms with Crippen molar-refractivity contribution >= 4 is 15.9 Å². The van der Waals surface area contributed by atoms with Crippen molar-refractivity contribution in [1.29, 1.82) is 0 Å². The average molecular weight is 284 g/mol. The summed E-state index contributed by atoms with van der Waals surface area (Å²) in [6, 6.07) is 6.53. The van der Waals surface area contributed by atoms with Crippen molar-refractivity contribution in [3.63, 3.8) is 0 Å². The number of rotatable bonds is 3. The molecule has 2 nitrogen and oxygen atoms in total. The van der Waals surface area contributed by atoms with Crippen LogP contribution in [0.3, 0.4) is 0 Å². The van der Waals surface area contributed by atoms with E-state index < -0.39 is 0 Å². The first kappa shape index (κ1) is 11.4. The lowest BCUT2D eigenvalue weighted by atomic mass is 10.0. The molecule has 1 unspecified atom stereocenters. The fraction of sp³-hybridized carbons (Fsp3) is 0.167. The number of nitrogens with two attached hydrogens (primary N) is 1. The fourth-order valence-corrected chi connectivity index (χ4v) is 1.92. The van der Waals surface area contributed by atoms with E-state index in [0.29, 0.717) is 10.9 Å². The molecule has 0 bridgehead atoms. The lowest BCUT2D eigenvalue weighted by Crippen LogP contribution is -2.13. The molecule has 0 aliphatic heterocycles. The summed E-state index contributed by atoms with van der Waals surface area (Å²) in [7, 11) is 0. The van der Waals surface area contributed by atoms with E-state index in [2.05, 4.69) is 15.9 Å². The molecular formula is C12H11BrFNO. The third-order valence-corrected chi connectivity index (χ3v) is 3.02. The van der Waals surface area contributed by atoms with Crippen LogP contribution < -0.4 is 5.73 Å². The van der Waals surface area contributed by atoms with Gasteiger partial charge in [0.25, 0.3) is 0 Å². The monoisotopic (exact) mass is 283 g/mol. The van der Waals surface area contributed by atoms with Crippen LogP contribution >= 0.6 is 15.9 Å². The van der Waals surface area contributed by atoms with Crippen LogP contribution in [-0.4, -0.2) is 0 Å². The van der Waals surface area contributed by atoms with Gasteiger partial charge < -0.3 is 10.2 Å². The summed E-state index contributed by atoms with van der Waals surface area (Å²) < 4.78 is 18.4. The maximum atomic E-state index is 13.0. The third-order valence-electron chi connectivity index (χ3n) is 2.41. The highest BCUT2D eigenvalue weighted by Crippen LogP contribution is 2.22. The SMILES string of the molecule is NC(Cc1ccoc1)c1ccc(F)c(Br)c1. The summed E-state index contributed by atoms with van der Waals surface area (Å²) in [6.07, 6.45) is 3.95. The molecule has 84 valence electrons. The van der Waals surface area contributed by atoms with E-state index in [-0.39, 0.29) is 11.9 Å². The average Bonchev–Trinajstić information content (AvgIpc) is 2.74. The molecule has 0 fully saturated rings. The predicted octanol–water partition coefficient (Wildman–Crippen LogP) is 3.42. The van der Waals surface area contributed by atoms with Crippen molar-refractivity contribution in [2.75, 3.05) is 0 Å². The van der Waals surface area contributed by atoms with Crippen LogP contribution in [0.25, 0.3) is 0 Å². The normalized spacial score (nSPS) is 12.7. The smallest absolute Gasteiger partial charge is 0.137 e. The van der Waals surface area contributed by atoms with Crippen molar-refractivity contribution < 1.29 is 8.81 Å². The van der Waals surface area contributed by atoms with Gasteiger partial charge in [-0.2, -0.15) is 0 Å². The second-order valence-electron chi connectivity index (χ2n) is 3.62. The Morgan fingerprint density at radius 3 is 2.81 bits per heavy atom. The summed E-state index contributed by atoms with van der Waals surface area (Å²) in [6.45, 7) is 0. The molecule has 2 rings (SSSR count). The van der Waals surface area contributed by atoms with E-state index in [0.717, 1.165) is 11.1 Å². The van der Waals surface area contributed by atoms with E-state index >= 15 is 0 Å². The highest BCUT2D eigenvalue weighted by molar-refractivity contribution is 9.10. The first-order valence-electron chi connectivity index (χ1n) is 4.88. The molecular weight excluding hydrogens is 273 g/mol. The second-order valence-corrected chi connectivity index (χ2v) is 4.47. The van der Waals surface area contributed by atoms with Crippen molar-refractivity contribution in [3.05, 3.63) is 58.2 Å². The van der Waals surface area contributed by atoms with Gasteiger partial charge in [-0.1, -0.05) is 6.07 Å². The second kappa shape index (κ2) is 4.80. The molecule has 4 heteroatoms. The summed E-state index contributed by atoms with van der Waals surface area (Å²) in [5, 5.41) is 0. The standard InChI is InChI=1S/C12H11BrFNO/c13-10-6-9(1-2-11(10)14)12(15)5-8-3-4-16-7-8/h1-4,6-7,12H,5,15H2. The maximum absolute atomic E-state index is 13.0. The molecule has 0 aliphatic rings. The third kappa shape index (κ3) is 2.51. The Labute approximate surface area is 101 Å². The van der Waals surface area contributed by atoms with Crippen molar-refractivity contribution in [3.8, 4) is 0 Å². The lowest BCUT2D eigenvalue weighted by molar-refractivity contribution is 0.561. The van der Waals surface area contributed by atoms with Crippen LogP contribution in [0.1, 0.15) is 17.2 Å². The summed E-state index contributed by atoms with van der Waals surface area (Å²) in [5.41, 5.74) is 7.95. The molecule has 2 N–H and O–H groups in total. The predicted molar refractivity (Wildman–Crippen MR) is 63.4 cm³/mol. The summed E-state index contributed by atoms with van der Waals surface area (Å²) >= 11 is 3.14.